The summed E-state index contributed by atoms with van der Waals surface area (Å²) in [6.07, 6.45) is 5.50. The molecule has 1 aromatic rings. The highest BCUT2D eigenvalue weighted by atomic mass is 16.5. The van der Waals surface area contributed by atoms with Crippen molar-refractivity contribution in [1.29, 1.82) is 0 Å². The van der Waals surface area contributed by atoms with Crippen molar-refractivity contribution in [1.82, 2.24) is 9.78 Å². The first-order valence-corrected chi connectivity index (χ1v) is 6.37. The zero-order valence-corrected chi connectivity index (χ0v) is 10.9. The minimum atomic E-state index is -1.11. The Morgan fingerprint density at radius 3 is 3.10 bits per heavy atom. The van der Waals surface area contributed by atoms with Crippen molar-refractivity contribution in [2.24, 2.45) is 0 Å². The molecular formula is C12H17N3O5. The van der Waals surface area contributed by atoms with Crippen LogP contribution in [-0.2, 0) is 25.6 Å². The van der Waals surface area contributed by atoms with Crippen molar-refractivity contribution < 1.29 is 24.2 Å². The van der Waals surface area contributed by atoms with Gasteiger partial charge in [-0.2, -0.15) is 5.10 Å². The molecule has 1 atom stereocenters. The standard InChI is InChI=1S/C12H17N3O5/c16-11(7-19-8-12(17)18)14-9-4-13-15(5-9)6-10-2-1-3-20-10/h4-5,10H,1-3,6-8H2,(H,14,16)(H,17,18). The molecule has 2 heterocycles. The van der Waals surface area contributed by atoms with E-state index in [2.05, 4.69) is 15.2 Å². The highest BCUT2D eigenvalue weighted by Gasteiger charge is 2.16. The van der Waals surface area contributed by atoms with Gasteiger partial charge in [-0.3, -0.25) is 9.48 Å². The molecule has 1 unspecified atom stereocenters. The van der Waals surface area contributed by atoms with Crippen LogP contribution in [0.3, 0.4) is 0 Å². The second-order valence-electron chi connectivity index (χ2n) is 4.52. The van der Waals surface area contributed by atoms with E-state index < -0.39 is 18.5 Å². The molecule has 1 aromatic heterocycles. The Hall–Kier alpha value is -1.93. The van der Waals surface area contributed by atoms with Gasteiger partial charge >= 0.3 is 5.97 Å². The normalized spacial score (nSPS) is 18.1. The molecule has 1 fully saturated rings. The minimum Gasteiger partial charge on any atom is -0.480 e. The summed E-state index contributed by atoms with van der Waals surface area (Å²) in [6, 6.07) is 0. The lowest BCUT2D eigenvalue weighted by Crippen LogP contribution is -2.20. The van der Waals surface area contributed by atoms with E-state index in [0.717, 1.165) is 19.4 Å². The van der Waals surface area contributed by atoms with Gasteiger partial charge in [0.2, 0.25) is 5.91 Å². The second kappa shape index (κ2) is 7.01. The van der Waals surface area contributed by atoms with Crippen molar-refractivity contribution in [3.8, 4) is 0 Å². The summed E-state index contributed by atoms with van der Waals surface area (Å²) in [5.41, 5.74) is 0.548. The Balaban J connectivity index is 1.74. The first-order valence-electron chi connectivity index (χ1n) is 6.37. The Bertz CT molecular complexity index is 467. The van der Waals surface area contributed by atoms with Crippen molar-refractivity contribution >= 4 is 17.6 Å². The second-order valence-corrected chi connectivity index (χ2v) is 4.52. The van der Waals surface area contributed by atoms with Crippen LogP contribution in [0.2, 0.25) is 0 Å². The third-order valence-corrected chi connectivity index (χ3v) is 2.79. The van der Waals surface area contributed by atoms with Gasteiger partial charge in [-0.15, -0.1) is 0 Å². The number of carboxylic acids is 1. The van der Waals surface area contributed by atoms with Crippen molar-refractivity contribution in [3.63, 3.8) is 0 Å². The molecule has 0 radical (unpaired) electrons. The van der Waals surface area contributed by atoms with E-state index in [9.17, 15) is 9.59 Å². The maximum atomic E-state index is 11.5. The Morgan fingerprint density at radius 2 is 2.40 bits per heavy atom. The van der Waals surface area contributed by atoms with Gasteiger partial charge in [0.1, 0.15) is 13.2 Å². The fourth-order valence-electron chi connectivity index (χ4n) is 1.95. The van der Waals surface area contributed by atoms with Gasteiger partial charge < -0.3 is 19.9 Å². The van der Waals surface area contributed by atoms with E-state index in [0.29, 0.717) is 12.2 Å². The van der Waals surface area contributed by atoms with Crippen LogP contribution in [-0.4, -0.2) is 52.7 Å². The molecule has 8 heteroatoms. The maximum absolute atomic E-state index is 11.5. The third-order valence-electron chi connectivity index (χ3n) is 2.79. The molecule has 20 heavy (non-hydrogen) atoms. The average Bonchev–Trinajstić information content (AvgIpc) is 3.01. The molecule has 0 spiro atoms. The number of anilines is 1. The number of carbonyl (C=O) groups excluding carboxylic acids is 1. The van der Waals surface area contributed by atoms with Crippen LogP contribution in [0.1, 0.15) is 12.8 Å². The van der Waals surface area contributed by atoms with Gasteiger partial charge in [0, 0.05) is 12.8 Å². The molecule has 0 aliphatic carbocycles. The molecule has 2 N–H and O–H groups in total. The number of hydrogen-bond acceptors (Lipinski definition) is 5. The maximum Gasteiger partial charge on any atom is 0.329 e. The quantitative estimate of drug-likeness (QED) is 0.736. The fourth-order valence-corrected chi connectivity index (χ4v) is 1.95. The predicted molar refractivity (Wildman–Crippen MR) is 68.3 cm³/mol. The summed E-state index contributed by atoms with van der Waals surface area (Å²) < 4.78 is 11.9. The van der Waals surface area contributed by atoms with Crippen LogP contribution in [0, 0.1) is 0 Å². The minimum absolute atomic E-state index is 0.178. The smallest absolute Gasteiger partial charge is 0.329 e. The van der Waals surface area contributed by atoms with E-state index in [1.54, 1.807) is 10.9 Å². The molecule has 0 aromatic carbocycles. The number of hydrogen-bond donors (Lipinski definition) is 2. The molecule has 1 amide bonds. The van der Waals surface area contributed by atoms with Crippen LogP contribution in [0.4, 0.5) is 5.69 Å². The summed E-state index contributed by atoms with van der Waals surface area (Å²) in [5.74, 6) is -1.52. The molecule has 0 saturated carbocycles. The number of aromatic nitrogens is 2. The summed E-state index contributed by atoms with van der Waals surface area (Å²) in [5, 5.41) is 15.1. The fraction of sp³-hybridized carbons (Fsp3) is 0.583. The molecular weight excluding hydrogens is 266 g/mol. The van der Waals surface area contributed by atoms with Gasteiger partial charge in [0.25, 0.3) is 0 Å². The molecule has 1 aliphatic rings. The van der Waals surface area contributed by atoms with Crippen LogP contribution < -0.4 is 5.32 Å². The average molecular weight is 283 g/mol. The van der Waals surface area contributed by atoms with Crippen LogP contribution >= 0.6 is 0 Å². The molecule has 1 aliphatic heterocycles. The van der Waals surface area contributed by atoms with Crippen molar-refractivity contribution in [2.45, 2.75) is 25.5 Å². The lowest BCUT2D eigenvalue weighted by Gasteiger charge is -2.08. The number of carboxylic acid groups (broad SMARTS) is 1. The zero-order valence-electron chi connectivity index (χ0n) is 10.9. The molecule has 110 valence electrons. The number of aliphatic carboxylic acids is 1. The molecule has 2 rings (SSSR count). The number of rotatable bonds is 7. The predicted octanol–water partition coefficient (Wildman–Crippen LogP) is 0.102. The first-order chi connectivity index (χ1) is 9.63. The lowest BCUT2D eigenvalue weighted by molar-refractivity contribution is -0.143. The van der Waals surface area contributed by atoms with E-state index in [1.165, 1.54) is 6.20 Å². The Morgan fingerprint density at radius 1 is 1.55 bits per heavy atom. The monoisotopic (exact) mass is 283 g/mol. The number of nitrogens with one attached hydrogen (secondary N) is 1. The van der Waals surface area contributed by atoms with Gasteiger partial charge in [-0.05, 0) is 12.8 Å². The van der Waals surface area contributed by atoms with Gasteiger partial charge in [-0.1, -0.05) is 0 Å². The third kappa shape index (κ3) is 4.63. The Labute approximate surface area is 115 Å². The van der Waals surface area contributed by atoms with Crippen LogP contribution in [0.15, 0.2) is 12.4 Å². The highest BCUT2D eigenvalue weighted by molar-refractivity contribution is 5.91. The van der Waals surface area contributed by atoms with E-state index in [-0.39, 0.29) is 12.7 Å². The summed E-state index contributed by atoms with van der Waals surface area (Å²) in [7, 11) is 0. The highest BCUT2D eigenvalue weighted by Crippen LogP contribution is 2.14. The molecule has 0 bridgehead atoms. The number of carbonyl (C=O) groups is 2. The van der Waals surface area contributed by atoms with Crippen LogP contribution in [0.5, 0.6) is 0 Å². The summed E-state index contributed by atoms with van der Waals surface area (Å²) in [4.78, 5) is 21.7. The van der Waals surface area contributed by atoms with Gasteiger partial charge in [-0.25, -0.2) is 4.79 Å². The van der Waals surface area contributed by atoms with Crippen LogP contribution in [0.25, 0.3) is 0 Å². The molecule has 8 nitrogen and oxygen atoms in total. The van der Waals surface area contributed by atoms with Gasteiger partial charge in [0.05, 0.1) is 24.5 Å². The number of amides is 1. The number of ether oxygens (including phenoxy) is 2. The molecule has 1 saturated heterocycles. The topological polar surface area (TPSA) is 103 Å². The van der Waals surface area contributed by atoms with Crippen molar-refractivity contribution in [3.05, 3.63) is 12.4 Å². The zero-order chi connectivity index (χ0) is 14.4. The SMILES string of the molecule is O=C(O)COCC(=O)Nc1cnn(CC2CCCO2)c1. The number of nitrogens with zero attached hydrogens (tertiary/aromatic N) is 2. The largest absolute Gasteiger partial charge is 0.480 e. The first kappa shape index (κ1) is 14.5. The van der Waals surface area contributed by atoms with E-state index in [4.69, 9.17) is 9.84 Å². The Kier molecular flexibility index (Phi) is 5.08. The van der Waals surface area contributed by atoms with E-state index >= 15 is 0 Å². The summed E-state index contributed by atoms with van der Waals surface area (Å²) in [6.45, 7) is 0.650. The lowest BCUT2D eigenvalue weighted by atomic mass is 10.2. The van der Waals surface area contributed by atoms with Gasteiger partial charge in [0.15, 0.2) is 0 Å². The summed E-state index contributed by atoms with van der Waals surface area (Å²) >= 11 is 0. The van der Waals surface area contributed by atoms with E-state index in [1.807, 2.05) is 0 Å². The van der Waals surface area contributed by atoms with Crippen molar-refractivity contribution in [2.75, 3.05) is 25.1 Å².